The summed E-state index contributed by atoms with van der Waals surface area (Å²) in [6.07, 6.45) is 3.78. The van der Waals surface area contributed by atoms with Crippen LogP contribution in [-0.2, 0) is 9.59 Å². The van der Waals surface area contributed by atoms with Gasteiger partial charge >= 0.3 is 11.8 Å². The Balaban J connectivity index is 1.93. The lowest BCUT2D eigenvalue weighted by Gasteiger charge is -2.30. The molecule has 114 valence electrons. The molecule has 2 atom stereocenters. The summed E-state index contributed by atoms with van der Waals surface area (Å²) < 4.78 is 0.877. The molecule has 1 aromatic rings. The van der Waals surface area contributed by atoms with E-state index in [0.29, 0.717) is 5.69 Å². The predicted octanol–water partition coefficient (Wildman–Crippen LogP) is 1.90. The number of carbonyl (C=O) groups is 2. The molecule has 1 aliphatic carbocycles. The molecule has 0 saturated heterocycles. The van der Waals surface area contributed by atoms with Crippen LogP contribution in [0.2, 0.25) is 0 Å². The highest BCUT2D eigenvalue weighted by atomic mass is 127. The van der Waals surface area contributed by atoms with Crippen molar-refractivity contribution in [1.82, 2.24) is 5.32 Å². The van der Waals surface area contributed by atoms with Crippen molar-refractivity contribution in [3.63, 3.8) is 0 Å². The minimum Gasteiger partial charge on any atom is -0.396 e. The molecule has 0 heterocycles. The molecule has 5 nitrogen and oxygen atoms in total. The number of aliphatic hydroxyl groups is 1. The van der Waals surface area contributed by atoms with Crippen LogP contribution in [0.4, 0.5) is 5.69 Å². The largest absolute Gasteiger partial charge is 0.396 e. The van der Waals surface area contributed by atoms with E-state index >= 15 is 0 Å². The fourth-order valence-electron chi connectivity index (χ4n) is 2.59. The Kier molecular flexibility index (Phi) is 5.98. The molecule has 0 radical (unpaired) electrons. The van der Waals surface area contributed by atoms with Crippen molar-refractivity contribution in [2.45, 2.75) is 31.7 Å². The van der Waals surface area contributed by atoms with E-state index in [9.17, 15) is 14.7 Å². The van der Waals surface area contributed by atoms with Gasteiger partial charge in [-0.15, -0.1) is 0 Å². The minimum absolute atomic E-state index is 0.0448. The first-order valence-electron chi connectivity index (χ1n) is 7.09. The zero-order valence-electron chi connectivity index (χ0n) is 11.6. The number of hydrogen-bond donors (Lipinski definition) is 3. The van der Waals surface area contributed by atoms with Crippen LogP contribution in [0.25, 0.3) is 0 Å². The Morgan fingerprint density at radius 1 is 1.19 bits per heavy atom. The van der Waals surface area contributed by atoms with Crippen molar-refractivity contribution in [3.8, 4) is 0 Å². The van der Waals surface area contributed by atoms with E-state index in [4.69, 9.17) is 0 Å². The van der Waals surface area contributed by atoms with Crippen LogP contribution in [0, 0.1) is 9.49 Å². The Bertz CT molecular complexity index is 521. The van der Waals surface area contributed by atoms with Crippen LogP contribution in [0.1, 0.15) is 25.7 Å². The summed E-state index contributed by atoms with van der Waals surface area (Å²) in [5.74, 6) is -1.26. The van der Waals surface area contributed by atoms with Gasteiger partial charge in [0, 0.05) is 22.1 Å². The molecule has 2 amide bonds. The zero-order chi connectivity index (χ0) is 15.2. The van der Waals surface area contributed by atoms with E-state index in [-0.39, 0.29) is 18.6 Å². The fraction of sp³-hybridized carbons (Fsp3) is 0.467. The number of hydrogen-bond acceptors (Lipinski definition) is 3. The number of rotatable bonds is 3. The van der Waals surface area contributed by atoms with Crippen molar-refractivity contribution in [2.24, 2.45) is 5.92 Å². The quantitative estimate of drug-likeness (QED) is 0.534. The minimum atomic E-state index is -0.665. The Morgan fingerprint density at radius 2 is 1.90 bits per heavy atom. The second-order valence-corrected chi connectivity index (χ2v) is 6.40. The molecule has 6 heteroatoms. The first-order valence-corrected chi connectivity index (χ1v) is 8.17. The van der Waals surface area contributed by atoms with Gasteiger partial charge in [0.05, 0.1) is 5.69 Å². The molecule has 2 rings (SSSR count). The van der Waals surface area contributed by atoms with Crippen molar-refractivity contribution < 1.29 is 14.7 Å². The van der Waals surface area contributed by atoms with Crippen LogP contribution in [0.3, 0.4) is 0 Å². The van der Waals surface area contributed by atoms with Crippen LogP contribution >= 0.6 is 22.6 Å². The molecule has 21 heavy (non-hydrogen) atoms. The topological polar surface area (TPSA) is 78.4 Å². The summed E-state index contributed by atoms with van der Waals surface area (Å²) in [5.41, 5.74) is 0.626. The Hall–Kier alpha value is -1.15. The lowest BCUT2D eigenvalue weighted by atomic mass is 9.85. The summed E-state index contributed by atoms with van der Waals surface area (Å²) in [7, 11) is 0. The molecule has 0 aromatic heterocycles. The van der Waals surface area contributed by atoms with Gasteiger partial charge in [-0.05, 0) is 47.6 Å². The number of benzene rings is 1. The van der Waals surface area contributed by atoms with Gasteiger partial charge in [-0.25, -0.2) is 0 Å². The summed E-state index contributed by atoms with van der Waals surface area (Å²) in [6, 6.07) is 7.17. The van der Waals surface area contributed by atoms with Gasteiger partial charge in [-0.2, -0.15) is 0 Å². The summed E-state index contributed by atoms with van der Waals surface area (Å²) >= 11 is 2.10. The van der Waals surface area contributed by atoms with Gasteiger partial charge in [0.1, 0.15) is 0 Å². The molecule has 1 aromatic carbocycles. The van der Waals surface area contributed by atoms with Gasteiger partial charge in [0.25, 0.3) is 0 Å². The van der Waals surface area contributed by atoms with E-state index in [1.54, 1.807) is 12.1 Å². The SMILES string of the molecule is O=C(Nc1ccccc1I)C(=O)NC1CCCCC1CO. The van der Waals surface area contributed by atoms with Gasteiger partial charge in [0.15, 0.2) is 0 Å². The average molecular weight is 402 g/mol. The summed E-state index contributed by atoms with van der Waals surface area (Å²) in [5, 5.41) is 14.7. The van der Waals surface area contributed by atoms with Crippen molar-refractivity contribution in [3.05, 3.63) is 27.8 Å². The van der Waals surface area contributed by atoms with E-state index in [2.05, 4.69) is 33.2 Å². The fourth-order valence-corrected chi connectivity index (χ4v) is 3.11. The Morgan fingerprint density at radius 3 is 2.62 bits per heavy atom. The molecule has 0 spiro atoms. The molecular formula is C15H19IN2O3. The molecule has 0 aliphatic heterocycles. The van der Waals surface area contributed by atoms with Gasteiger partial charge < -0.3 is 15.7 Å². The maximum Gasteiger partial charge on any atom is 0.313 e. The maximum atomic E-state index is 12.0. The first kappa shape index (κ1) is 16.2. The van der Waals surface area contributed by atoms with Crippen LogP contribution in [0.5, 0.6) is 0 Å². The molecular weight excluding hydrogens is 383 g/mol. The number of para-hydroxylation sites is 1. The highest BCUT2D eigenvalue weighted by molar-refractivity contribution is 14.1. The van der Waals surface area contributed by atoms with Crippen LogP contribution in [0.15, 0.2) is 24.3 Å². The van der Waals surface area contributed by atoms with Gasteiger partial charge in [0.2, 0.25) is 0 Å². The van der Waals surface area contributed by atoms with Crippen LogP contribution in [-0.4, -0.2) is 29.6 Å². The molecule has 1 saturated carbocycles. The summed E-state index contributed by atoms with van der Waals surface area (Å²) in [4.78, 5) is 23.9. The predicted molar refractivity (Wildman–Crippen MR) is 88.8 cm³/mol. The smallest absolute Gasteiger partial charge is 0.313 e. The molecule has 2 unspecified atom stereocenters. The second kappa shape index (κ2) is 7.74. The van der Waals surface area contributed by atoms with Crippen molar-refractivity contribution >= 4 is 40.1 Å². The molecule has 1 aliphatic rings. The molecule has 3 N–H and O–H groups in total. The van der Waals surface area contributed by atoms with E-state index < -0.39 is 11.8 Å². The highest BCUT2D eigenvalue weighted by Crippen LogP contribution is 2.24. The normalized spacial score (nSPS) is 21.6. The lowest BCUT2D eigenvalue weighted by molar-refractivity contribution is -0.137. The van der Waals surface area contributed by atoms with Gasteiger partial charge in [-0.3, -0.25) is 9.59 Å². The number of aliphatic hydroxyl groups excluding tert-OH is 1. The standard InChI is InChI=1S/C15H19IN2O3/c16-11-6-2-4-8-13(11)18-15(21)14(20)17-12-7-3-1-5-10(12)9-19/h2,4,6,8,10,12,19H,1,3,5,7,9H2,(H,17,20)(H,18,21). The third-order valence-electron chi connectivity index (χ3n) is 3.79. The van der Waals surface area contributed by atoms with Crippen LogP contribution < -0.4 is 10.6 Å². The van der Waals surface area contributed by atoms with E-state index in [1.165, 1.54) is 0 Å². The van der Waals surface area contributed by atoms with E-state index in [1.807, 2.05) is 12.1 Å². The number of carbonyl (C=O) groups excluding carboxylic acids is 2. The highest BCUT2D eigenvalue weighted by Gasteiger charge is 2.27. The second-order valence-electron chi connectivity index (χ2n) is 5.24. The van der Waals surface area contributed by atoms with E-state index in [0.717, 1.165) is 29.3 Å². The number of anilines is 1. The average Bonchev–Trinajstić information content (AvgIpc) is 2.50. The zero-order valence-corrected chi connectivity index (χ0v) is 13.8. The summed E-state index contributed by atoms with van der Waals surface area (Å²) in [6.45, 7) is 0.0448. The third-order valence-corrected chi connectivity index (χ3v) is 4.73. The monoisotopic (exact) mass is 402 g/mol. The number of amides is 2. The maximum absolute atomic E-state index is 12.0. The number of nitrogens with one attached hydrogen (secondary N) is 2. The Labute approximate surface area is 137 Å². The molecule has 1 fully saturated rings. The van der Waals surface area contributed by atoms with Crippen molar-refractivity contribution in [1.29, 1.82) is 0 Å². The lowest BCUT2D eigenvalue weighted by Crippen LogP contribution is -2.47. The first-order chi connectivity index (χ1) is 10.1. The third kappa shape index (κ3) is 4.41. The van der Waals surface area contributed by atoms with Gasteiger partial charge in [-0.1, -0.05) is 25.0 Å². The number of halogens is 1. The van der Waals surface area contributed by atoms with Crippen molar-refractivity contribution in [2.75, 3.05) is 11.9 Å². The molecule has 0 bridgehead atoms.